The van der Waals surface area contributed by atoms with Gasteiger partial charge in [0.05, 0.1) is 24.5 Å². The molecule has 0 radical (unpaired) electrons. The first-order chi connectivity index (χ1) is 11.5. The zero-order chi connectivity index (χ0) is 17.5. The van der Waals surface area contributed by atoms with Crippen LogP contribution in [0, 0.1) is 0 Å². The van der Waals surface area contributed by atoms with Gasteiger partial charge in [0.25, 0.3) is 0 Å². The van der Waals surface area contributed by atoms with Gasteiger partial charge in [-0.15, -0.1) is 0 Å². The van der Waals surface area contributed by atoms with Crippen LogP contribution < -0.4 is 15.4 Å². The number of thiocarbonyl (C=S) groups is 1. The Morgan fingerprint density at radius 3 is 2.33 bits per heavy atom. The van der Waals surface area contributed by atoms with Crippen LogP contribution in [-0.2, 0) is 4.74 Å². The van der Waals surface area contributed by atoms with Gasteiger partial charge in [0, 0.05) is 5.69 Å². The van der Waals surface area contributed by atoms with E-state index in [1.807, 2.05) is 38.1 Å². The van der Waals surface area contributed by atoms with E-state index in [9.17, 15) is 4.79 Å². The fraction of sp³-hybridized carbons (Fsp3) is 0.222. The lowest BCUT2D eigenvalue weighted by atomic mass is 10.2. The van der Waals surface area contributed by atoms with E-state index in [1.54, 1.807) is 31.4 Å². The minimum absolute atomic E-state index is 0.145. The van der Waals surface area contributed by atoms with Crippen LogP contribution in [0.2, 0.25) is 0 Å². The van der Waals surface area contributed by atoms with Crippen LogP contribution in [0.4, 0.5) is 11.4 Å². The van der Waals surface area contributed by atoms with E-state index in [1.165, 1.54) is 0 Å². The second-order valence-corrected chi connectivity index (χ2v) is 5.72. The Kier molecular flexibility index (Phi) is 6.14. The minimum Gasteiger partial charge on any atom is -0.495 e. The molecule has 0 unspecified atom stereocenters. The second-order valence-electron chi connectivity index (χ2n) is 5.31. The summed E-state index contributed by atoms with van der Waals surface area (Å²) in [4.78, 5) is 11.8. The molecular formula is C18H20N2O3S. The highest BCUT2D eigenvalue weighted by molar-refractivity contribution is 7.80. The van der Waals surface area contributed by atoms with Gasteiger partial charge in [0.15, 0.2) is 5.11 Å². The number of para-hydroxylation sites is 2. The third-order valence-corrected chi connectivity index (χ3v) is 3.28. The molecule has 0 aliphatic heterocycles. The predicted molar refractivity (Wildman–Crippen MR) is 99.8 cm³/mol. The van der Waals surface area contributed by atoms with Gasteiger partial charge in [-0.1, -0.05) is 12.1 Å². The molecule has 0 fully saturated rings. The Morgan fingerprint density at radius 1 is 1.04 bits per heavy atom. The topological polar surface area (TPSA) is 59.6 Å². The Labute approximate surface area is 147 Å². The molecule has 0 spiro atoms. The van der Waals surface area contributed by atoms with Crippen molar-refractivity contribution in [2.75, 3.05) is 17.7 Å². The smallest absolute Gasteiger partial charge is 0.338 e. The molecule has 2 rings (SSSR count). The van der Waals surface area contributed by atoms with Crippen LogP contribution in [-0.4, -0.2) is 24.3 Å². The molecule has 0 saturated heterocycles. The van der Waals surface area contributed by atoms with Crippen molar-refractivity contribution in [1.29, 1.82) is 0 Å². The van der Waals surface area contributed by atoms with Crippen molar-refractivity contribution in [1.82, 2.24) is 0 Å². The largest absolute Gasteiger partial charge is 0.495 e. The Morgan fingerprint density at radius 2 is 1.71 bits per heavy atom. The Balaban J connectivity index is 1.98. The number of carbonyl (C=O) groups excluding carboxylic acids is 1. The zero-order valence-electron chi connectivity index (χ0n) is 13.8. The van der Waals surface area contributed by atoms with E-state index in [4.69, 9.17) is 21.7 Å². The first-order valence-corrected chi connectivity index (χ1v) is 7.92. The summed E-state index contributed by atoms with van der Waals surface area (Å²) in [6.45, 7) is 3.63. The van der Waals surface area contributed by atoms with Crippen LogP contribution in [0.3, 0.4) is 0 Å². The van der Waals surface area contributed by atoms with Crippen LogP contribution in [0.15, 0.2) is 48.5 Å². The molecule has 2 aromatic carbocycles. The van der Waals surface area contributed by atoms with E-state index >= 15 is 0 Å². The van der Waals surface area contributed by atoms with Gasteiger partial charge in [0.1, 0.15) is 5.75 Å². The summed E-state index contributed by atoms with van der Waals surface area (Å²) < 4.78 is 10.4. The fourth-order valence-electron chi connectivity index (χ4n) is 2.00. The third-order valence-electron chi connectivity index (χ3n) is 3.08. The quantitative estimate of drug-likeness (QED) is 0.630. The number of esters is 1. The molecule has 0 bridgehead atoms. The van der Waals surface area contributed by atoms with Gasteiger partial charge in [-0.05, 0) is 62.5 Å². The SMILES string of the molecule is COc1ccccc1NC(=S)Nc1ccc(C(=O)OC(C)C)cc1. The van der Waals surface area contributed by atoms with Crippen molar-refractivity contribution in [2.45, 2.75) is 20.0 Å². The fourth-order valence-corrected chi connectivity index (χ4v) is 2.23. The number of anilines is 2. The molecule has 5 nitrogen and oxygen atoms in total. The normalized spacial score (nSPS) is 10.2. The summed E-state index contributed by atoms with van der Waals surface area (Å²) in [7, 11) is 1.60. The highest BCUT2D eigenvalue weighted by Gasteiger charge is 2.09. The summed E-state index contributed by atoms with van der Waals surface area (Å²) >= 11 is 5.30. The number of benzene rings is 2. The van der Waals surface area contributed by atoms with E-state index in [-0.39, 0.29) is 12.1 Å². The number of hydrogen-bond donors (Lipinski definition) is 2. The van der Waals surface area contributed by atoms with Crippen molar-refractivity contribution in [2.24, 2.45) is 0 Å². The van der Waals surface area contributed by atoms with Crippen LogP contribution >= 0.6 is 12.2 Å². The van der Waals surface area contributed by atoms with Crippen molar-refractivity contribution in [3.8, 4) is 5.75 Å². The van der Waals surface area contributed by atoms with E-state index in [0.29, 0.717) is 16.4 Å². The number of carbonyl (C=O) groups is 1. The number of ether oxygens (including phenoxy) is 2. The number of rotatable bonds is 5. The van der Waals surface area contributed by atoms with E-state index in [0.717, 1.165) is 11.4 Å². The summed E-state index contributed by atoms with van der Waals surface area (Å²) in [5, 5.41) is 6.57. The van der Waals surface area contributed by atoms with Crippen molar-refractivity contribution in [3.05, 3.63) is 54.1 Å². The summed E-state index contributed by atoms with van der Waals surface area (Å²) in [6.07, 6.45) is -0.145. The van der Waals surface area contributed by atoms with Crippen LogP contribution in [0.5, 0.6) is 5.75 Å². The predicted octanol–water partition coefficient (Wildman–Crippen LogP) is 4.07. The standard InChI is InChI=1S/C18H20N2O3S/c1-12(2)23-17(21)13-8-10-14(11-9-13)19-18(24)20-15-6-4-5-7-16(15)22-3/h4-12H,1-3H3,(H2,19,20,24). The summed E-state index contributed by atoms with van der Waals surface area (Å²) in [5.74, 6) is 0.361. The summed E-state index contributed by atoms with van der Waals surface area (Å²) in [6, 6.07) is 14.4. The molecule has 6 heteroatoms. The minimum atomic E-state index is -0.341. The van der Waals surface area contributed by atoms with Crippen LogP contribution in [0.1, 0.15) is 24.2 Å². The molecule has 24 heavy (non-hydrogen) atoms. The van der Waals surface area contributed by atoms with Crippen molar-refractivity contribution >= 4 is 34.7 Å². The molecule has 0 aliphatic rings. The lowest BCUT2D eigenvalue weighted by Crippen LogP contribution is -2.19. The highest BCUT2D eigenvalue weighted by Crippen LogP contribution is 2.23. The number of hydrogen-bond acceptors (Lipinski definition) is 4. The molecule has 0 aromatic heterocycles. The van der Waals surface area contributed by atoms with Gasteiger partial charge in [-0.2, -0.15) is 0 Å². The summed E-state index contributed by atoms with van der Waals surface area (Å²) in [5.41, 5.74) is 2.04. The number of nitrogens with one attached hydrogen (secondary N) is 2. The highest BCUT2D eigenvalue weighted by atomic mass is 32.1. The van der Waals surface area contributed by atoms with Crippen molar-refractivity contribution in [3.63, 3.8) is 0 Å². The lowest BCUT2D eigenvalue weighted by Gasteiger charge is -2.13. The van der Waals surface area contributed by atoms with Crippen molar-refractivity contribution < 1.29 is 14.3 Å². The average Bonchev–Trinajstić information content (AvgIpc) is 2.55. The monoisotopic (exact) mass is 344 g/mol. The molecule has 0 aliphatic carbocycles. The van der Waals surface area contributed by atoms with Gasteiger partial charge in [0.2, 0.25) is 0 Å². The molecular weight excluding hydrogens is 324 g/mol. The zero-order valence-corrected chi connectivity index (χ0v) is 14.6. The maximum absolute atomic E-state index is 11.8. The van der Waals surface area contributed by atoms with Gasteiger partial charge in [-0.3, -0.25) is 0 Å². The first-order valence-electron chi connectivity index (χ1n) is 7.51. The maximum atomic E-state index is 11.8. The van der Waals surface area contributed by atoms with E-state index in [2.05, 4.69) is 10.6 Å². The molecule has 0 amide bonds. The van der Waals surface area contributed by atoms with Gasteiger partial charge >= 0.3 is 5.97 Å². The Hall–Kier alpha value is -2.60. The first kappa shape index (κ1) is 17.7. The molecule has 0 saturated carbocycles. The second kappa shape index (κ2) is 8.31. The number of methoxy groups -OCH3 is 1. The maximum Gasteiger partial charge on any atom is 0.338 e. The third kappa shape index (κ3) is 4.96. The van der Waals surface area contributed by atoms with E-state index < -0.39 is 0 Å². The van der Waals surface area contributed by atoms with Crippen LogP contribution in [0.25, 0.3) is 0 Å². The molecule has 2 N–H and O–H groups in total. The molecule has 0 heterocycles. The molecule has 2 aromatic rings. The molecule has 0 atom stereocenters. The lowest BCUT2D eigenvalue weighted by molar-refractivity contribution is 0.0378. The van der Waals surface area contributed by atoms with Gasteiger partial charge < -0.3 is 20.1 Å². The Bertz CT molecular complexity index is 714. The average molecular weight is 344 g/mol. The molecule has 126 valence electrons. The van der Waals surface area contributed by atoms with Gasteiger partial charge in [-0.25, -0.2) is 4.79 Å².